The number of benzene rings is 1. The van der Waals surface area contributed by atoms with Crippen LogP contribution < -0.4 is 9.47 Å². The van der Waals surface area contributed by atoms with Crippen LogP contribution in [-0.2, 0) is 14.3 Å². The number of hydrogen-bond donors (Lipinski definition) is 0. The second kappa shape index (κ2) is 8.41. The number of carbonyl (C=O) groups excluding carboxylic acids is 3. The predicted octanol–water partition coefficient (Wildman–Crippen LogP) is 2.22. The zero-order chi connectivity index (χ0) is 19.4. The number of amides is 1. The number of ketones is 1. The van der Waals surface area contributed by atoms with Crippen LogP contribution in [0, 0.1) is 5.92 Å². The van der Waals surface area contributed by atoms with Gasteiger partial charge in [0.2, 0.25) is 11.7 Å². The molecule has 1 saturated heterocycles. The molecule has 3 rings (SSSR count). The topological polar surface area (TPSA) is 82.1 Å². The summed E-state index contributed by atoms with van der Waals surface area (Å²) < 4.78 is 15.5. The zero-order valence-electron chi connectivity index (χ0n) is 15.7. The first-order chi connectivity index (χ1) is 13.0. The van der Waals surface area contributed by atoms with Crippen LogP contribution in [0.25, 0.3) is 0 Å². The van der Waals surface area contributed by atoms with Gasteiger partial charge in [-0.3, -0.25) is 14.4 Å². The highest BCUT2D eigenvalue weighted by molar-refractivity contribution is 6.01. The third kappa shape index (κ3) is 4.23. The summed E-state index contributed by atoms with van der Waals surface area (Å²) in [6, 6.07) is 5.11. The Morgan fingerprint density at radius 2 is 1.89 bits per heavy atom. The van der Waals surface area contributed by atoms with E-state index in [0.717, 1.165) is 25.7 Å². The molecule has 2 fully saturated rings. The molecule has 1 aliphatic carbocycles. The Morgan fingerprint density at radius 3 is 2.56 bits per heavy atom. The Bertz CT molecular complexity index is 725. The van der Waals surface area contributed by atoms with Gasteiger partial charge in [0, 0.05) is 19.0 Å². The molecule has 2 aliphatic rings. The third-order valence-electron chi connectivity index (χ3n) is 5.31. The summed E-state index contributed by atoms with van der Waals surface area (Å²) in [4.78, 5) is 38.8. The summed E-state index contributed by atoms with van der Waals surface area (Å²) in [5.74, 6) is -0.475. The highest BCUT2D eigenvalue weighted by Crippen LogP contribution is 2.30. The quantitative estimate of drug-likeness (QED) is 0.537. The first-order valence-electron chi connectivity index (χ1n) is 9.24. The third-order valence-corrected chi connectivity index (χ3v) is 5.31. The van der Waals surface area contributed by atoms with Crippen molar-refractivity contribution in [3.63, 3.8) is 0 Å². The van der Waals surface area contributed by atoms with Gasteiger partial charge >= 0.3 is 5.97 Å². The highest BCUT2D eigenvalue weighted by atomic mass is 16.5. The van der Waals surface area contributed by atoms with E-state index in [1.807, 2.05) is 4.90 Å². The number of rotatable bonds is 7. The van der Waals surface area contributed by atoms with Crippen LogP contribution in [0.1, 0.15) is 42.5 Å². The van der Waals surface area contributed by atoms with E-state index in [-0.39, 0.29) is 24.2 Å². The van der Waals surface area contributed by atoms with Crippen LogP contribution in [-0.4, -0.2) is 56.0 Å². The van der Waals surface area contributed by atoms with Gasteiger partial charge in [-0.1, -0.05) is 12.8 Å². The Balaban J connectivity index is 1.58. The monoisotopic (exact) mass is 375 g/mol. The number of ether oxygens (including phenoxy) is 3. The van der Waals surface area contributed by atoms with Gasteiger partial charge in [-0.2, -0.15) is 0 Å². The van der Waals surface area contributed by atoms with E-state index in [1.54, 1.807) is 18.2 Å². The maximum atomic E-state index is 12.5. The number of esters is 1. The van der Waals surface area contributed by atoms with Crippen molar-refractivity contribution in [1.82, 2.24) is 4.90 Å². The first-order valence-corrected chi connectivity index (χ1v) is 9.24. The van der Waals surface area contributed by atoms with E-state index in [2.05, 4.69) is 0 Å². The largest absolute Gasteiger partial charge is 0.497 e. The molecular weight excluding hydrogens is 350 g/mol. The lowest BCUT2D eigenvalue weighted by Crippen LogP contribution is -2.35. The lowest BCUT2D eigenvalue weighted by molar-refractivity contribution is -0.147. The van der Waals surface area contributed by atoms with Crippen molar-refractivity contribution in [2.75, 3.05) is 27.4 Å². The van der Waals surface area contributed by atoms with Crippen LogP contribution in [0.3, 0.4) is 0 Å². The summed E-state index contributed by atoms with van der Waals surface area (Å²) >= 11 is 0. The van der Waals surface area contributed by atoms with Crippen LogP contribution >= 0.6 is 0 Å². The van der Waals surface area contributed by atoms with Gasteiger partial charge in [-0.25, -0.2) is 0 Å². The van der Waals surface area contributed by atoms with Crippen LogP contribution in [0.2, 0.25) is 0 Å². The molecule has 1 atom stereocenters. The second-order valence-electron chi connectivity index (χ2n) is 6.98. The molecule has 0 bridgehead atoms. The SMILES string of the molecule is COc1ccc(OC)c(C(=O)COC(=O)[C@@H]2CC(=O)N(C3CCCC3)C2)c1. The van der Waals surface area contributed by atoms with Crippen molar-refractivity contribution in [2.45, 2.75) is 38.1 Å². The van der Waals surface area contributed by atoms with Crippen LogP contribution in [0.4, 0.5) is 0 Å². The van der Waals surface area contributed by atoms with Crippen molar-refractivity contribution in [2.24, 2.45) is 5.92 Å². The minimum atomic E-state index is -0.502. The lowest BCUT2D eigenvalue weighted by Gasteiger charge is -2.23. The lowest BCUT2D eigenvalue weighted by atomic mass is 10.1. The normalized spacial score (nSPS) is 20.0. The fourth-order valence-corrected chi connectivity index (χ4v) is 3.82. The van der Waals surface area contributed by atoms with E-state index in [1.165, 1.54) is 14.2 Å². The molecule has 27 heavy (non-hydrogen) atoms. The number of carbonyl (C=O) groups is 3. The zero-order valence-corrected chi connectivity index (χ0v) is 15.7. The van der Waals surface area contributed by atoms with Gasteiger partial charge in [0.1, 0.15) is 11.5 Å². The molecule has 1 aromatic rings. The number of hydrogen-bond acceptors (Lipinski definition) is 6. The van der Waals surface area contributed by atoms with Gasteiger partial charge in [0.05, 0.1) is 25.7 Å². The maximum Gasteiger partial charge on any atom is 0.311 e. The molecule has 1 aromatic carbocycles. The molecule has 0 unspecified atom stereocenters. The average molecular weight is 375 g/mol. The summed E-state index contributed by atoms with van der Waals surface area (Å²) in [5, 5.41) is 0. The summed E-state index contributed by atoms with van der Waals surface area (Å²) in [5.41, 5.74) is 0.291. The molecular formula is C20H25NO6. The highest BCUT2D eigenvalue weighted by Gasteiger charge is 2.39. The Labute approximate surface area is 158 Å². The number of nitrogens with zero attached hydrogens (tertiary/aromatic N) is 1. The maximum absolute atomic E-state index is 12.5. The molecule has 0 radical (unpaired) electrons. The Hall–Kier alpha value is -2.57. The smallest absolute Gasteiger partial charge is 0.311 e. The van der Waals surface area contributed by atoms with Crippen molar-refractivity contribution < 1.29 is 28.6 Å². The first kappa shape index (κ1) is 19.2. The van der Waals surface area contributed by atoms with E-state index < -0.39 is 18.5 Å². The average Bonchev–Trinajstić information content (AvgIpc) is 3.34. The van der Waals surface area contributed by atoms with E-state index in [4.69, 9.17) is 14.2 Å². The summed E-state index contributed by atoms with van der Waals surface area (Å²) in [7, 11) is 2.97. The van der Waals surface area contributed by atoms with Gasteiger partial charge in [0.25, 0.3) is 0 Å². The molecule has 0 aromatic heterocycles. The minimum Gasteiger partial charge on any atom is -0.497 e. The molecule has 146 valence electrons. The van der Waals surface area contributed by atoms with Gasteiger partial charge < -0.3 is 19.1 Å². The standard InChI is InChI=1S/C20H25NO6/c1-25-15-7-8-18(26-2)16(10-15)17(22)12-27-20(24)13-9-19(23)21(11-13)14-5-3-4-6-14/h7-8,10,13-14H,3-6,9,11-12H2,1-2H3/t13-/m1/s1. The van der Waals surface area contributed by atoms with Crippen molar-refractivity contribution in [3.05, 3.63) is 23.8 Å². The van der Waals surface area contributed by atoms with Crippen molar-refractivity contribution >= 4 is 17.7 Å². The van der Waals surface area contributed by atoms with Crippen LogP contribution in [0.5, 0.6) is 11.5 Å². The number of Topliss-reactive ketones (excluding diaryl/α,β-unsaturated/α-hetero) is 1. The molecule has 1 aliphatic heterocycles. The molecule has 7 nitrogen and oxygen atoms in total. The fraction of sp³-hybridized carbons (Fsp3) is 0.550. The van der Waals surface area contributed by atoms with Gasteiger partial charge in [0.15, 0.2) is 6.61 Å². The van der Waals surface area contributed by atoms with Crippen molar-refractivity contribution in [1.29, 1.82) is 0 Å². The van der Waals surface area contributed by atoms with Gasteiger partial charge in [-0.15, -0.1) is 0 Å². The molecule has 1 amide bonds. The van der Waals surface area contributed by atoms with E-state index >= 15 is 0 Å². The summed E-state index contributed by atoms with van der Waals surface area (Å²) in [6.07, 6.45) is 4.41. The molecule has 7 heteroatoms. The Kier molecular flexibility index (Phi) is 5.98. The predicted molar refractivity (Wildman–Crippen MR) is 96.9 cm³/mol. The minimum absolute atomic E-state index is 0.00430. The fourth-order valence-electron chi connectivity index (χ4n) is 3.82. The second-order valence-corrected chi connectivity index (χ2v) is 6.98. The molecule has 0 spiro atoms. The molecule has 0 N–H and O–H groups in total. The van der Waals surface area contributed by atoms with Crippen molar-refractivity contribution in [3.8, 4) is 11.5 Å². The van der Waals surface area contributed by atoms with Crippen LogP contribution in [0.15, 0.2) is 18.2 Å². The summed E-state index contributed by atoms with van der Waals surface area (Å²) in [6.45, 7) is -0.00448. The number of likely N-dealkylation sites (tertiary alicyclic amines) is 1. The van der Waals surface area contributed by atoms with E-state index in [0.29, 0.717) is 23.6 Å². The van der Waals surface area contributed by atoms with E-state index in [9.17, 15) is 14.4 Å². The molecule has 1 saturated carbocycles. The molecule has 1 heterocycles. The Morgan fingerprint density at radius 1 is 1.15 bits per heavy atom. The van der Waals surface area contributed by atoms with Gasteiger partial charge in [-0.05, 0) is 31.0 Å². The number of methoxy groups -OCH3 is 2.